The van der Waals surface area contributed by atoms with Crippen LogP contribution in [0.4, 0.5) is 0 Å². The Hall–Kier alpha value is -3.61. The molecule has 0 aliphatic rings. The van der Waals surface area contributed by atoms with Gasteiger partial charge in [0.1, 0.15) is 11.5 Å². The number of aryl methyl sites for hydroxylation is 1. The number of hydrogen-bond acceptors (Lipinski definition) is 6. The van der Waals surface area contributed by atoms with Crippen molar-refractivity contribution in [3.05, 3.63) is 65.5 Å². The van der Waals surface area contributed by atoms with Gasteiger partial charge in [0.05, 0.1) is 32.8 Å². The number of rotatable bonds is 10. The summed E-state index contributed by atoms with van der Waals surface area (Å²) >= 11 is 0. The largest absolute Gasteiger partial charge is 0.493 e. The summed E-state index contributed by atoms with van der Waals surface area (Å²) in [6, 6.07) is 15.1. The van der Waals surface area contributed by atoms with E-state index in [1.165, 1.54) is 0 Å². The van der Waals surface area contributed by atoms with Gasteiger partial charge in [-0.25, -0.2) is 4.98 Å². The highest BCUT2D eigenvalue weighted by Crippen LogP contribution is 2.27. The molecule has 2 aromatic carbocycles. The number of carbonyl (C=O) groups is 2. The molecule has 3 rings (SSSR count). The zero-order valence-corrected chi connectivity index (χ0v) is 17.9. The Balaban J connectivity index is 1.48. The fourth-order valence-corrected chi connectivity index (χ4v) is 3.17. The molecule has 0 aliphatic heterocycles. The van der Waals surface area contributed by atoms with E-state index in [4.69, 9.17) is 13.9 Å². The number of oxazole rings is 1. The fraction of sp³-hybridized carbons (Fsp3) is 0.292. The molecule has 7 heteroatoms. The lowest BCUT2D eigenvalue weighted by Crippen LogP contribution is -2.28. The number of benzene rings is 2. The van der Waals surface area contributed by atoms with Crippen LogP contribution >= 0.6 is 0 Å². The summed E-state index contributed by atoms with van der Waals surface area (Å²) in [4.78, 5) is 28.9. The van der Waals surface area contributed by atoms with Crippen LogP contribution in [0.3, 0.4) is 0 Å². The molecule has 0 atom stereocenters. The minimum atomic E-state index is -0.310. The van der Waals surface area contributed by atoms with E-state index in [1.807, 2.05) is 48.5 Å². The van der Waals surface area contributed by atoms with E-state index in [-0.39, 0.29) is 24.5 Å². The Kier molecular flexibility index (Phi) is 7.43. The molecule has 0 spiro atoms. The van der Waals surface area contributed by atoms with Gasteiger partial charge in [-0.05, 0) is 43.2 Å². The zero-order chi connectivity index (χ0) is 22.2. The van der Waals surface area contributed by atoms with Crippen LogP contribution in [0.2, 0.25) is 0 Å². The Labute approximate surface area is 181 Å². The molecule has 0 radical (unpaired) electrons. The normalized spacial score (nSPS) is 10.5. The van der Waals surface area contributed by atoms with Gasteiger partial charge in [0.25, 0.3) is 0 Å². The second-order valence-corrected chi connectivity index (χ2v) is 7.07. The van der Waals surface area contributed by atoms with E-state index >= 15 is 0 Å². The van der Waals surface area contributed by atoms with E-state index in [2.05, 4.69) is 10.3 Å². The summed E-state index contributed by atoms with van der Waals surface area (Å²) < 4.78 is 16.2. The monoisotopic (exact) mass is 422 g/mol. The molecule has 7 nitrogen and oxygen atoms in total. The number of ketones is 1. The maximum Gasteiger partial charge on any atom is 0.227 e. The molecule has 0 saturated heterocycles. The van der Waals surface area contributed by atoms with Gasteiger partial charge >= 0.3 is 0 Å². The Morgan fingerprint density at radius 3 is 2.48 bits per heavy atom. The lowest BCUT2D eigenvalue weighted by molar-refractivity contribution is -0.127. The summed E-state index contributed by atoms with van der Waals surface area (Å²) in [6.45, 7) is 2.19. The lowest BCUT2D eigenvalue weighted by Gasteiger charge is -2.10. The zero-order valence-electron chi connectivity index (χ0n) is 17.9. The summed E-state index contributed by atoms with van der Waals surface area (Å²) in [5.74, 6) is 1.83. The minimum absolute atomic E-state index is 0.0608. The molecule has 1 N–H and O–H groups in total. The third kappa shape index (κ3) is 5.94. The molecule has 1 heterocycles. The number of ether oxygens (including phenoxy) is 2. The number of nitrogens with zero attached hydrogens (tertiary/aromatic N) is 1. The van der Waals surface area contributed by atoms with Crippen molar-refractivity contribution in [1.29, 1.82) is 0 Å². The molecule has 0 unspecified atom stereocenters. The van der Waals surface area contributed by atoms with Gasteiger partial charge in [0, 0.05) is 12.1 Å². The highest BCUT2D eigenvalue weighted by atomic mass is 16.5. The number of aromatic nitrogens is 1. The van der Waals surface area contributed by atoms with E-state index in [0.29, 0.717) is 41.8 Å². The quantitative estimate of drug-likeness (QED) is 0.503. The first-order chi connectivity index (χ1) is 15.0. The number of Topliss-reactive ketones (excluding diaryl/α,β-unsaturated/α-hetero) is 1. The van der Waals surface area contributed by atoms with Gasteiger partial charge < -0.3 is 19.2 Å². The van der Waals surface area contributed by atoms with Crippen LogP contribution < -0.4 is 14.8 Å². The molecule has 0 bridgehead atoms. The molecule has 1 amide bonds. The van der Waals surface area contributed by atoms with Gasteiger partial charge in [-0.3, -0.25) is 9.59 Å². The Bertz CT molecular complexity index is 1040. The van der Waals surface area contributed by atoms with Crippen molar-refractivity contribution in [2.45, 2.75) is 26.2 Å². The second kappa shape index (κ2) is 10.4. The first-order valence-electron chi connectivity index (χ1n) is 10.0. The first-order valence-corrected chi connectivity index (χ1v) is 10.0. The van der Waals surface area contributed by atoms with Crippen LogP contribution in [0, 0.1) is 6.92 Å². The number of amides is 1. The first kappa shape index (κ1) is 22.1. The Morgan fingerprint density at radius 1 is 1.03 bits per heavy atom. The Morgan fingerprint density at radius 2 is 1.77 bits per heavy atom. The van der Waals surface area contributed by atoms with E-state index < -0.39 is 0 Å². The molecular formula is C24H26N2O5. The van der Waals surface area contributed by atoms with Crippen molar-refractivity contribution in [3.63, 3.8) is 0 Å². The highest BCUT2D eigenvalue weighted by molar-refractivity contribution is 5.98. The molecule has 1 aromatic heterocycles. The topological polar surface area (TPSA) is 90.7 Å². The standard InChI is InChI=1S/C24H26N2O5/c1-16-20(26-24(31-16)18-7-5-4-6-8-18)14-19(27)15-23(28)25-12-11-17-9-10-21(29-2)22(13-17)30-3/h4-10,13H,11-12,14-15H2,1-3H3,(H,25,28). The predicted octanol–water partition coefficient (Wildman–Crippen LogP) is 3.53. The predicted molar refractivity (Wildman–Crippen MR) is 116 cm³/mol. The number of hydrogen-bond donors (Lipinski definition) is 1. The summed E-state index contributed by atoms with van der Waals surface area (Å²) in [5, 5.41) is 2.78. The number of methoxy groups -OCH3 is 2. The van der Waals surface area contributed by atoms with Gasteiger partial charge in [0.2, 0.25) is 11.8 Å². The number of carbonyl (C=O) groups excluding carboxylic acids is 2. The molecule has 162 valence electrons. The van der Waals surface area contributed by atoms with Crippen LogP contribution in [0.5, 0.6) is 11.5 Å². The summed E-state index contributed by atoms with van der Waals surface area (Å²) in [7, 11) is 3.16. The maximum atomic E-state index is 12.3. The minimum Gasteiger partial charge on any atom is -0.493 e. The van der Waals surface area contributed by atoms with E-state index in [9.17, 15) is 9.59 Å². The third-order valence-corrected chi connectivity index (χ3v) is 4.82. The number of nitrogens with one attached hydrogen (secondary N) is 1. The summed E-state index contributed by atoms with van der Waals surface area (Å²) in [6.07, 6.45) is 0.479. The van der Waals surface area contributed by atoms with E-state index in [1.54, 1.807) is 21.1 Å². The molecule has 3 aromatic rings. The van der Waals surface area contributed by atoms with Gasteiger partial charge in [-0.1, -0.05) is 24.3 Å². The molecule has 0 saturated carbocycles. The van der Waals surface area contributed by atoms with Crippen molar-refractivity contribution < 1.29 is 23.5 Å². The van der Waals surface area contributed by atoms with Crippen molar-refractivity contribution in [2.75, 3.05) is 20.8 Å². The maximum absolute atomic E-state index is 12.3. The fourth-order valence-electron chi connectivity index (χ4n) is 3.17. The highest BCUT2D eigenvalue weighted by Gasteiger charge is 2.17. The lowest BCUT2D eigenvalue weighted by atomic mass is 10.1. The molecule has 0 aliphatic carbocycles. The average molecular weight is 422 g/mol. The summed E-state index contributed by atoms with van der Waals surface area (Å²) in [5.41, 5.74) is 2.40. The van der Waals surface area contributed by atoms with Crippen LogP contribution in [0.1, 0.15) is 23.4 Å². The van der Waals surface area contributed by atoms with Gasteiger partial charge in [-0.15, -0.1) is 0 Å². The van der Waals surface area contributed by atoms with Crippen molar-refractivity contribution in [1.82, 2.24) is 10.3 Å². The van der Waals surface area contributed by atoms with Crippen LogP contribution in [-0.2, 0) is 22.4 Å². The van der Waals surface area contributed by atoms with Crippen molar-refractivity contribution >= 4 is 11.7 Å². The van der Waals surface area contributed by atoms with Crippen molar-refractivity contribution in [2.24, 2.45) is 0 Å². The van der Waals surface area contributed by atoms with Crippen LogP contribution in [-0.4, -0.2) is 37.4 Å². The molecular weight excluding hydrogens is 396 g/mol. The molecule has 0 fully saturated rings. The third-order valence-electron chi connectivity index (χ3n) is 4.82. The smallest absolute Gasteiger partial charge is 0.227 e. The van der Waals surface area contributed by atoms with Crippen molar-refractivity contribution in [3.8, 4) is 23.0 Å². The van der Waals surface area contributed by atoms with Crippen LogP contribution in [0.25, 0.3) is 11.5 Å². The SMILES string of the molecule is COc1ccc(CCNC(=O)CC(=O)Cc2nc(-c3ccccc3)oc2C)cc1OC. The average Bonchev–Trinajstić information content (AvgIpc) is 3.14. The second-order valence-electron chi connectivity index (χ2n) is 7.07. The van der Waals surface area contributed by atoms with Crippen LogP contribution in [0.15, 0.2) is 52.9 Å². The van der Waals surface area contributed by atoms with Gasteiger partial charge in [0.15, 0.2) is 11.5 Å². The van der Waals surface area contributed by atoms with E-state index in [0.717, 1.165) is 11.1 Å². The van der Waals surface area contributed by atoms with Gasteiger partial charge in [-0.2, -0.15) is 0 Å². The molecule has 31 heavy (non-hydrogen) atoms.